The van der Waals surface area contributed by atoms with Gasteiger partial charge in [0.1, 0.15) is 0 Å². The molecule has 0 spiro atoms. The van der Waals surface area contributed by atoms with Crippen molar-refractivity contribution >= 4 is 5.91 Å². The van der Waals surface area contributed by atoms with Gasteiger partial charge in [-0.2, -0.15) is 0 Å². The topological polar surface area (TPSA) is 29.1 Å². The van der Waals surface area contributed by atoms with E-state index in [1.54, 1.807) is 0 Å². The van der Waals surface area contributed by atoms with E-state index in [1.165, 1.54) is 32.1 Å². The number of carbonyl (C=O) groups is 1. The maximum Gasteiger partial charge on any atom is 0.220 e. The Labute approximate surface area is 74.7 Å². The summed E-state index contributed by atoms with van der Waals surface area (Å²) >= 11 is 0. The largest absolute Gasteiger partial charge is 0.356 e. The fraction of sp³-hybridized carbons (Fsp3) is 0.900. The third kappa shape index (κ3) is 3.24. The van der Waals surface area contributed by atoms with Crippen molar-refractivity contribution in [3.05, 3.63) is 0 Å². The first-order valence-corrected chi connectivity index (χ1v) is 5.09. The number of hydrogen-bond donors (Lipinski definition) is 1. The van der Waals surface area contributed by atoms with Crippen LogP contribution in [0.1, 0.15) is 45.4 Å². The maximum atomic E-state index is 10.8. The second-order valence-electron chi connectivity index (χ2n) is 3.72. The summed E-state index contributed by atoms with van der Waals surface area (Å²) < 4.78 is 0. The molecule has 1 aliphatic rings. The number of carbonyl (C=O) groups excluding carboxylic acids is 1. The van der Waals surface area contributed by atoms with Crippen molar-refractivity contribution in [1.29, 1.82) is 0 Å². The lowest BCUT2D eigenvalue weighted by atomic mass is 10.0. The Morgan fingerprint density at radius 3 is 2.83 bits per heavy atom. The van der Waals surface area contributed by atoms with E-state index in [0.29, 0.717) is 5.92 Å². The highest BCUT2D eigenvalue weighted by Gasteiger charge is 2.20. The predicted octanol–water partition coefficient (Wildman–Crippen LogP) is 2.09. The molecule has 0 aromatic rings. The van der Waals surface area contributed by atoms with Crippen molar-refractivity contribution in [2.45, 2.75) is 45.4 Å². The Balaban J connectivity index is 1.97. The summed E-state index contributed by atoms with van der Waals surface area (Å²) in [5.74, 6) is 0.879. The molecule has 1 atom stereocenters. The molecule has 1 rings (SSSR count). The van der Waals surface area contributed by atoms with Crippen LogP contribution in [-0.2, 0) is 4.79 Å². The van der Waals surface area contributed by atoms with Crippen LogP contribution < -0.4 is 5.32 Å². The van der Waals surface area contributed by atoms with Gasteiger partial charge in [0, 0.05) is 13.0 Å². The van der Waals surface area contributed by atoms with Crippen LogP contribution in [0.25, 0.3) is 0 Å². The lowest BCUT2D eigenvalue weighted by Gasteiger charge is -2.05. The molecule has 2 heteroatoms. The second-order valence-corrected chi connectivity index (χ2v) is 3.72. The van der Waals surface area contributed by atoms with Gasteiger partial charge < -0.3 is 5.32 Å². The molecule has 12 heavy (non-hydrogen) atoms. The quantitative estimate of drug-likeness (QED) is 0.627. The number of rotatable bonds is 5. The molecule has 1 fully saturated rings. The average molecular weight is 169 g/mol. The molecule has 1 aliphatic heterocycles. The molecule has 0 radical (unpaired) electrons. The Morgan fingerprint density at radius 1 is 1.42 bits per heavy atom. The van der Waals surface area contributed by atoms with E-state index >= 15 is 0 Å². The molecule has 0 saturated carbocycles. The number of hydrogen-bond acceptors (Lipinski definition) is 1. The summed E-state index contributed by atoms with van der Waals surface area (Å²) in [6.45, 7) is 3.14. The molecule has 1 amide bonds. The molecule has 1 saturated heterocycles. The molecule has 0 aromatic heterocycles. The Kier molecular flexibility index (Phi) is 4.12. The second kappa shape index (κ2) is 5.18. The summed E-state index contributed by atoms with van der Waals surface area (Å²) in [4.78, 5) is 10.8. The van der Waals surface area contributed by atoms with Crippen molar-refractivity contribution in [2.24, 2.45) is 5.92 Å². The van der Waals surface area contributed by atoms with Crippen molar-refractivity contribution in [3.63, 3.8) is 0 Å². The van der Waals surface area contributed by atoms with Crippen LogP contribution in [0.4, 0.5) is 0 Å². The third-order valence-corrected chi connectivity index (χ3v) is 2.53. The van der Waals surface area contributed by atoms with Gasteiger partial charge >= 0.3 is 0 Å². The Bertz CT molecular complexity index is 145. The smallest absolute Gasteiger partial charge is 0.220 e. The van der Waals surface area contributed by atoms with E-state index in [-0.39, 0.29) is 5.91 Å². The van der Waals surface area contributed by atoms with Gasteiger partial charge in [0.05, 0.1) is 0 Å². The van der Waals surface area contributed by atoms with Crippen molar-refractivity contribution in [3.8, 4) is 0 Å². The van der Waals surface area contributed by atoms with E-state index in [2.05, 4.69) is 12.2 Å². The van der Waals surface area contributed by atoms with Crippen LogP contribution in [-0.4, -0.2) is 12.5 Å². The first-order chi connectivity index (χ1) is 5.83. The van der Waals surface area contributed by atoms with Crippen LogP contribution in [0.2, 0.25) is 0 Å². The number of amides is 1. The molecule has 0 aliphatic carbocycles. The minimum atomic E-state index is 0.246. The fourth-order valence-corrected chi connectivity index (χ4v) is 1.73. The van der Waals surface area contributed by atoms with Gasteiger partial charge in [0.15, 0.2) is 0 Å². The monoisotopic (exact) mass is 169 g/mol. The normalized spacial score (nSPS) is 22.8. The molecule has 0 unspecified atom stereocenters. The van der Waals surface area contributed by atoms with Gasteiger partial charge in [0.2, 0.25) is 5.91 Å². The summed E-state index contributed by atoms with van der Waals surface area (Å²) in [6, 6.07) is 0. The summed E-state index contributed by atoms with van der Waals surface area (Å²) in [5.41, 5.74) is 0. The van der Waals surface area contributed by atoms with Gasteiger partial charge in [-0.05, 0) is 12.3 Å². The van der Waals surface area contributed by atoms with Crippen molar-refractivity contribution < 1.29 is 4.79 Å². The van der Waals surface area contributed by atoms with E-state index in [9.17, 15) is 4.79 Å². The van der Waals surface area contributed by atoms with Gasteiger partial charge in [-0.3, -0.25) is 4.79 Å². The van der Waals surface area contributed by atoms with Crippen molar-refractivity contribution in [1.82, 2.24) is 5.32 Å². The molecular weight excluding hydrogens is 150 g/mol. The number of nitrogens with one attached hydrogen (secondary N) is 1. The molecule has 1 heterocycles. The minimum absolute atomic E-state index is 0.246. The predicted molar refractivity (Wildman–Crippen MR) is 49.9 cm³/mol. The van der Waals surface area contributed by atoms with E-state index < -0.39 is 0 Å². The highest BCUT2D eigenvalue weighted by Crippen LogP contribution is 2.17. The third-order valence-electron chi connectivity index (χ3n) is 2.53. The van der Waals surface area contributed by atoms with E-state index in [0.717, 1.165) is 13.0 Å². The molecule has 70 valence electrons. The van der Waals surface area contributed by atoms with Gasteiger partial charge in [-0.25, -0.2) is 0 Å². The molecular formula is C10H19NO. The SMILES string of the molecule is CCCCCC[C@H]1CNC(=O)C1. The van der Waals surface area contributed by atoms with Crippen molar-refractivity contribution in [2.75, 3.05) is 6.54 Å². The van der Waals surface area contributed by atoms with Crippen LogP contribution >= 0.6 is 0 Å². The maximum absolute atomic E-state index is 10.8. The zero-order valence-corrected chi connectivity index (χ0v) is 7.94. The van der Waals surface area contributed by atoms with Gasteiger partial charge in [-0.15, -0.1) is 0 Å². The molecule has 0 aromatic carbocycles. The van der Waals surface area contributed by atoms with Crippen LogP contribution in [0, 0.1) is 5.92 Å². The fourth-order valence-electron chi connectivity index (χ4n) is 1.73. The lowest BCUT2D eigenvalue weighted by Crippen LogP contribution is -2.13. The zero-order chi connectivity index (χ0) is 8.81. The minimum Gasteiger partial charge on any atom is -0.356 e. The average Bonchev–Trinajstić information content (AvgIpc) is 2.45. The first kappa shape index (κ1) is 9.56. The highest BCUT2D eigenvalue weighted by atomic mass is 16.1. The standard InChI is InChI=1S/C10H19NO/c1-2-3-4-5-6-9-7-10(12)11-8-9/h9H,2-8H2,1H3,(H,11,12)/t9-/m1/s1. The van der Waals surface area contributed by atoms with Gasteiger partial charge in [0.25, 0.3) is 0 Å². The van der Waals surface area contributed by atoms with E-state index in [4.69, 9.17) is 0 Å². The Hall–Kier alpha value is -0.530. The van der Waals surface area contributed by atoms with E-state index in [1.807, 2.05) is 0 Å². The molecule has 1 N–H and O–H groups in total. The lowest BCUT2D eigenvalue weighted by molar-refractivity contribution is -0.119. The summed E-state index contributed by atoms with van der Waals surface area (Å²) in [5, 5.41) is 2.87. The van der Waals surface area contributed by atoms with Crippen LogP contribution in [0.3, 0.4) is 0 Å². The van der Waals surface area contributed by atoms with Gasteiger partial charge in [-0.1, -0.05) is 32.6 Å². The zero-order valence-electron chi connectivity index (χ0n) is 7.94. The highest BCUT2D eigenvalue weighted by molar-refractivity contribution is 5.78. The molecule has 2 nitrogen and oxygen atoms in total. The summed E-state index contributed by atoms with van der Waals surface area (Å²) in [7, 11) is 0. The number of unbranched alkanes of at least 4 members (excludes halogenated alkanes) is 3. The first-order valence-electron chi connectivity index (χ1n) is 5.09. The Morgan fingerprint density at radius 2 is 2.25 bits per heavy atom. The summed E-state index contributed by atoms with van der Waals surface area (Å²) in [6.07, 6.45) is 7.27. The molecule has 0 bridgehead atoms. The van der Waals surface area contributed by atoms with Crippen LogP contribution in [0.5, 0.6) is 0 Å². The van der Waals surface area contributed by atoms with Crippen LogP contribution in [0.15, 0.2) is 0 Å².